The molecule has 3 unspecified atom stereocenters. The van der Waals surface area contributed by atoms with Crippen molar-refractivity contribution in [2.24, 2.45) is 0 Å². The third-order valence-electron chi connectivity index (χ3n) is 10.7. The van der Waals surface area contributed by atoms with E-state index in [-0.39, 0.29) is 10.8 Å². The van der Waals surface area contributed by atoms with Gasteiger partial charge in [0.2, 0.25) is 0 Å². The smallest absolute Gasteiger partial charge is 0.187 e. The summed E-state index contributed by atoms with van der Waals surface area (Å²) in [6, 6.07) is 0. The van der Waals surface area contributed by atoms with Gasteiger partial charge < -0.3 is 10.1 Å². The Balaban J connectivity index is 1.44. The topological polar surface area (TPSA) is 40.7 Å². The Labute approximate surface area is 241 Å². The van der Waals surface area contributed by atoms with E-state index in [0.29, 0.717) is 5.25 Å². The van der Waals surface area contributed by atoms with Crippen LogP contribution >= 0.6 is 11.8 Å². The number of ether oxygens (including phenoxy) is 1. The SMILES string of the molecule is C1=C(C2CN(N3CCOCC3)C(N3CCCCC3)(N3CCNCC3)C(N3CCCC3)(N3CCC3)S2)CCCC1. The number of likely N-dealkylation sites (tertiary alicyclic amines) is 3. The van der Waals surface area contributed by atoms with Crippen LogP contribution in [-0.4, -0.2) is 144 Å². The van der Waals surface area contributed by atoms with E-state index in [9.17, 15) is 0 Å². The highest BCUT2D eigenvalue weighted by Crippen LogP contribution is 2.58. The zero-order chi connectivity index (χ0) is 26.1. The van der Waals surface area contributed by atoms with Crippen molar-refractivity contribution < 1.29 is 4.74 Å². The van der Waals surface area contributed by atoms with Crippen molar-refractivity contribution in [1.82, 2.24) is 34.9 Å². The Hall–Kier alpha value is -0.230. The number of hydrogen-bond acceptors (Lipinski definition) is 9. The molecule has 0 amide bonds. The Morgan fingerprint density at radius 2 is 1.33 bits per heavy atom. The predicted octanol–water partition coefficient (Wildman–Crippen LogP) is 2.65. The summed E-state index contributed by atoms with van der Waals surface area (Å²) in [4.78, 5) is 11.9. The molecule has 7 aliphatic rings. The molecule has 7 rings (SSSR count). The maximum absolute atomic E-state index is 5.98. The number of nitrogens with one attached hydrogen (secondary N) is 1. The molecule has 6 saturated heterocycles. The first-order chi connectivity index (χ1) is 19.3. The van der Waals surface area contributed by atoms with E-state index in [1.165, 1.54) is 103 Å². The number of piperidine rings is 1. The molecule has 1 N–H and O–H groups in total. The Morgan fingerprint density at radius 1 is 0.692 bits per heavy atom. The van der Waals surface area contributed by atoms with E-state index < -0.39 is 0 Å². The van der Waals surface area contributed by atoms with Gasteiger partial charge >= 0.3 is 0 Å². The normalized spacial score (nSPS) is 39.5. The lowest BCUT2D eigenvalue weighted by atomic mass is 9.94. The minimum Gasteiger partial charge on any atom is -0.379 e. The molecule has 39 heavy (non-hydrogen) atoms. The number of morpholine rings is 1. The van der Waals surface area contributed by atoms with Gasteiger partial charge in [0.1, 0.15) is 0 Å². The lowest BCUT2D eigenvalue weighted by Gasteiger charge is -2.74. The molecule has 8 nitrogen and oxygen atoms in total. The summed E-state index contributed by atoms with van der Waals surface area (Å²) in [6.07, 6.45) is 16.1. The van der Waals surface area contributed by atoms with E-state index in [4.69, 9.17) is 4.74 Å². The first-order valence-electron chi connectivity index (χ1n) is 16.5. The van der Waals surface area contributed by atoms with Crippen LogP contribution in [0.4, 0.5) is 0 Å². The number of allylic oxidation sites excluding steroid dienone is 1. The van der Waals surface area contributed by atoms with E-state index in [0.717, 1.165) is 59.0 Å². The Morgan fingerprint density at radius 3 is 1.97 bits per heavy atom. The first kappa shape index (κ1) is 27.6. The Bertz CT molecular complexity index is 828. The molecule has 6 heterocycles. The van der Waals surface area contributed by atoms with Gasteiger partial charge in [-0.3, -0.25) is 19.6 Å². The van der Waals surface area contributed by atoms with E-state index >= 15 is 0 Å². The molecule has 0 bridgehead atoms. The summed E-state index contributed by atoms with van der Waals surface area (Å²) < 4.78 is 5.98. The molecule has 6 aliphatic heterocycles. The highest BCUT2D eigenvalue weighted by molar-refractivity contribution is 8.01. The molecule has 1 aliphatic carbocycles. The van der Waals surface area contributed by atoms with Crippen molar-refractivity contribution in [2.75, 3.05) is 98.3 Å². The average Bonchev–Trinajstić information content (AvgIpc) is 3.54. The van der Waals surface area contributed by atoms with Crippen molar-refractivity contribution in [2.45, 2.75) is 80.2 Å². The van der Waals surface area contributed by atoms with Crippen LogP contribution in [0.15, 0.2) is 11.6 Å². The van der Waals surface area contributed by atoms with Crippen LogP contribution in [0, 0.1) is 0 Å². The zero-order valence-electron chi connectivity index (χ0n) is 24.3. The molecule has 0 spiro atoms. The van der Waals surface area contributed by atoms with Crippen molar-refractivity contribution >= 4 is 11.8 Å². The summed E-state index contributed by atoms with van der Waals surface area (Å²) in [5, 5.41) is 10.1. The summed E-state index contributed by atoms with van der Waals surface area (Å²) in [5.41, 5.74) is 1.75. The molecule has 0 aromatic rings. The summed E-state index contributed by atoms with van der Waals surface area (Å²) >= 11 is 2.41. The molecule has 0 aromatic carbocycles. The molecular formula is C30H53N7OS. The van der Waals surface area contributed by atoms with Crippen molar-refractivity contribution in [3.8, 4) is 0 Å². The predicted molar refractivity (Wildman–Crippen MR) is 159 cm³/mol. The third kappa shape index (κ3) is 4.76. The second-order valence-electron chi connectivity index (χ2n) is 12.8. The fourth-order valence-corrected chi connectivity index (χ4v) is 10.9. The molecule has 3 atom stereocenters. The van der Waals surface area contributed by atoms with Gasteiger partial charge in [-0.1, -0.05) is 18.1 Å². The van der Waals surface area contributed by atoms with Crippen LogP contribution in [0.25, 0.3) is 0 Å². The highest BCUT2D eigenvalue weighted by Gasteiger charge is 2.72. The summed E-state index contributed by atoms with van der Waals surface area (Å²) in [5.74, 6) is -0.159. The Kier molecular flexibility index (Phi) is 8.61. The van der Waals surface area contributed by atoms with Crippen molar-refractivity contribution in [1.29, 1.82) is 0 Å². The molecule has 0 saturated carbocycles. The summed E-state index contributed by atoms with van der Waals surface area (Å²) in [6.45, 7) is 16.8. The van der Waals surface area contributed by atoms with Gasteiger partial charge in [-0.2, -0.15) is 0 Å². The van der Waals surface area contributed by atoms with Crippen LogP contribution in [0.1, 0.15) is 64.2 Å². The maximum atomic E-state index is 5.98. The third-order valence-corrected chi connectivity index (χ3v) is 12.5. The van der Waals surface area contributed by atoms with Gasteiger partial charge in [0.05, 0.1) is 13.2 Å². The largest absolute Gasteiger partial charge is 0.379 e. The number of hydrogen-bond donors (Lipinski definition) is 1. The molecule has 6 fully saturated rings. The van der Waals surface area contributed by atoms with Crippen LogP contribution in [0.5, 0.6) is 0 Å². The molecule has 0 radical (unpaired) electrons. The van der Waals surface area contributed by atoms with Gasteiger partial charge in [0, 0.05) is 90.3 Å². The van der Waals surface area contributed by atoms with E-state index in [1.807, 2.05) is 0 Å². The minimum atomic E-state index is -0.159. The second-order valence-corrected chi connectivity index (χ2v) is 14.2. The standard InChI is InChI=1S/C30H53N7OS/c1-3-10-27(11-4-1)28-26-37(36-22-24-38-25-23-36)29(32-14-5-2-6-15-32,33-20-12-31-13-21-33)30(39-28,35-18-9-19-35)34-16-7-8-17-34/h10,28,31H,1-9,11-26H2. The lowest BCUT2D eigenvalue weighted by molar-refractivity contribution is -0.327. The van der Waals surface area contributed by atoms with E-state index in [1.54, 1.807) is 5.57 Å². The number of nitrogens with zero attached hydrogens (tertiary/aromatic N) is 6. The number of piperazine rings is 1. The fourth-order valence-electron chi connectivity index (χ4n) is 8.76. The highest BCUT2D eigenvalue weighted by atomic mass is 32.2. The van der Waals surface area contributed by atoms with Crippen molar-refractivity contribution in [3.63, 3.8) is 0 Å². The van der Waals surface area contributed by atoms with Crippen LogP contribution < -0.4 is 5.32 Å². The lowest BCUT2D eigenvalue weighted by Crippen LogP contribution is -2.92. The van der Waals surface area contributed by atoms with Gasteiger partial charge in [-0.05, 0) is 57.8 Å². The first-order valence-corrected chi connectivity index (χ1v) is 17.4. The monoisotopic (exact) mass is 559 g/mol. The fraction of sp³-hybridized carbons (Fsp3) is 0.933. The van der Waals surface area contributed by atoms with Gasteiger partial charge in [-0.25, -0.2) is 10.0 Å². The average molecular weight is 560 g/mol. The number of hydrazine groups is 1. The summed E-state index contributed by atoms with van der Waals surface area (Å²) in [7, 11) is 0. The second kappa shape index (κ2) is 12.2. The molecule has 9 heteroatoms. The maximum Gasteiger partial charge on any atom is 0.187 e. The van der Waals surface area contributed by atoms with Gasteiger partial charge in [0.25, 0.3) is 0 Å². The van der Waals surface area contributed by atoms with Crippen molar-refractivity contribution in [3.05, 3.63) is 11.6 Å². The number of thioether (sulfide) groups is 1. The molecule has 0 aromatic heterocycles. The zero-order valence-corrected chi connectivity index (χ0v) is 25.1. The molecule has 220 valence electrons. The molecular weight excluding hydrogens is 506 g/mol. The number of rotatable bonds is 6. The van der Waals surface area contributed by atoms with Gasteiger partial charge in [-0.15, -0.1) is 11.8 Å². The van der Waals surface area contributed by atoms with Gasteiger partial charge in [0.15, 0.2) is 10.8 Å². The van der Waals surface area contributed by atoms with Crippen LogP contribution in [0.2, 0.25) is 0 Å². The quantitative estimate of drug-likeness (QED) is 0.495. The minimum absolute atomic E-state index is 0.0596. The van der Waals surface area contributed by atoms with E-state index in [2.05, 4.69) is 52.8 Å². The van der Waals surface area contributed by atoms with Crippen LogP contribution in [-0.2, 0) is 4.74 Å². The van der Waals surface area contributed by atoms with Crippen LogP contribution in [0.3, 0.4) is 0 Å².